The number of aldehydes is 1. The molecule has 4 aromatic carbocycles. The van der Waals surface area contributed by atoms with Gasteiger partial charge in [0.15, 0.2) is 0 Å². The summed E-state index contributed by atoms with van der Waals surface area (Å²) in [6, 6.07) is 39.4. The second-order valence-electron chi connectivity index (χ2n) is 9.17. The molecule has 0 fully saturated rings. The van der Waals surface area contributed by atoms with Crippen molar-refractivity contribution in [2.75, 3.05) is 13.2 Å². The van der Waals surface area contributed by atoms with Crippen molar-refractivity contribution >= 4 is 35.3 Å². The van der Waals surface area contributed by atoms with E-state index in [1.807, 2.05) is 115 Å². The molecule has 5 rings (SSSR count). The first-order chi connectivity index (χ1) is 22.3. The lowest BCUT2D eigenvalue weighted by Crippen LogP contribution is -2.15. The van der Waals surface area contributed by atoms with Crippen LogP contribution in [0.2, 0.25) is 0 Å². The maximum Gasteiger partial charge on any atom is 0.387 e. The Balaban J connectivity index is 0.000000244. The Morgan fingerprint density at radius 3 is 1.85 bits per heavy atom. The molecule has 1 aliphatic heterocycles. The van der Waals surface area contributed by atoms with Gasteiger partial charge in [-0.2, -0.15) is 5.26 Å². The average Bonchev–Trinajstić information content (AvgIpc) is 3.10. The Morgan fingerprint density at radius 1 is 0.935 bits per heavy atom. The molecule has 1 heterocycles. The minimum absolute atomic E-state index is 0.121. The van der Waals surface area contributed by atoms with Crippen molar-refractivity contribution in [1.82, 2.24) is 0 Å². The zero-order valence-electron chi connectivity index (χ0n) is 25.3. The second-order valence-corrected chi connectivity index (χ2v) is 9.17. The molecule has 0 aromatic heterocycles. The van der Waals surface area contributed by atoms with Crippen LogP contribution in [0.15, 0.2) is 132 Å². The van der Waals surface area contributed by atoms with Crippen molar-refractivity contribution in [2.45, 2.75) is 13.3 Å². The van der Waals surface area contributed by atoms with Gasteiger partial charge in [0.05, 0.1) is 12.3 Å². The molecule has 9 nitrogen and oxygen atoms in total. The van der Waals surface area contributed by atoms with E-state index >= 15 is 0 Å². The molecular formula is C37H33N5O4. The van der Waals surface area contributed by atoms with Gasteiger partial charge in [-0.3, -0.25) is 15.0 Å². The van der Waals surface area contributed by atoms with Crippen LogP contribution in [0.25, 0.3) is 10.4 Å². The van der Waals surface area contributed by atoms with Crippen molar-refractivity contribution in [3.8, 4) is 6.07 Å². The van der Waals surface area contributed by atoms with Crippen LogP contribution >= 0.6 is 0 Å². The summed E-state index contributed by atoms with van der Waals surface area (Å²) in [4.78, 5) is 39.2. The van der Waals surface area contributed by atoms with Gasteiger partial charge in [-0.1, -0.05) is 121 Å². The first-order valence-electron chi connectivity index (χ1n) is 14.1. The molecule has 1 amide bonds. The fourth-order valence-corrected chi connectivity index (χ4v) is 3.82. The molecule has 1 aliphatic rings. The third-order valence-corrected chi connectivity index (χ3v) is 5.97. The molecule has 9 heteroatoms. The topological polar surface area (TPSA) is 151 Å². The summed E-state index contributed by atoms with van der Waals surface area (Å²) in [5.41, 5.74) is 10.1. The molecule has 230 valence electrons. The number of nitrogens with one attached hydrogen (secondary N) is 1. The third kappa shape index (κ3) is 12.4. The predicted octanol–water partition coefficient (Wildman–Crippen LogP) is 6.32. The van der Waals surface area contributed by atoms with Gasteiger partial charge in [-0.15, -0.1) is 0 Å². The first-order valence-corrected chi connectivity index (χ1v) is 14.1. The number of amides is 1. The van der Waals surface area contributed by atoms with E-state index in [2.05, 4.69) is 14.6 Å². The van der Waals surface area contributed by atoms with Gasteiger partial charge in [-0.05, 0) is 23.6 Å². The highest BCUT2D eigenvalue weighted by Gasteiger charge is 2.24. The smallest absolute Gasteiger partial charge is 0.387 e. The number of dihydropyridines is 1. The Morgan fingerprint density at radius 2 is 1.43 bits per heavy atom. The predicted molar refractivity (Wildman–Crippen MR) is 179 cm³/mol. The minimum atomic E-state index is -0.457. The number of benzene rings is 4. The lowest BCUT2D eigenvalue weighted by atomic mass is 9.90. The van der Waals surface area contributed by atoms with Crippen LogP contribution in [0, 0.1) is 23.3 Å². The van der Waals surface area contributed by atoms with Gasteiger partial charge >= 0.3 is 12.5 Å². The quantitative estimate of drug-likeness (QED) is 0.0856. The van der Waals surface area contributed by atoms with Crippen molar-refractivity contribution in [2.24, 2.45) is 10.7 Å². The van der Waals surface area contributed by atoms with Gasteiger partial charge < -0.3 is 15.3 Å². The van der Waals surface area contributed by atoms with E-state index in [9.17, 15) is 19.6 Å². The number of ether oxygens (including phenoxy) is 1. The van der Waals surface area contributed by atoms with E-state index in [1.165, 1.54) is 0 Å². The van der Waals surface area contributed by atoms with E-state index in [0.717, 1.165) is 34.1 Å². The summed E-state index contributed by atoms with van der Waals surface area (Å²) in [7, 11) is 0. The number of esters is 1. The number of nitrogens with zero attached hydrogens (tertiary/aromatic N) is 3. The fourth-order valence-electron chi connectivity index (χ4n) is 3.82. The van der Waals surface area contributed by atoms with Crippen LogP contribution in [0.5, 0.6) is 0 Å². The van der Waals surface area contributed by atoms with Crippen molar-refractivity contribution in [3.05, 3.63) is 161 Å². The number of nitrogens with two attached hydrogens (primary N) is 1. The maximum atomic E-state index is 12.1. The highest BCUT2D eigenvalue weighted by atomic mass is 16.5. The second kappa shape index (κ2) is 20.5. The van der Waals surface area contributed by atoms with E-state index in [1.54, 1.807) is 19.1 Å². The molecule has 0 aliphatic carbocycles. The van der Waals surface area contributed by atoms with Crippen molar-refractivity contribution in [1.29, 1.82) is 10.7 Å². The number of aliphatic imine (C=N–C) groups is 1. The number of carbonyl (C=O) groups excluding carboxylic acids is 3. The summed E-state index contributed by atoms with van der Waals surface area (Å²) in [6.45, 7) is 8.14. The Bertz CT molecular complexity index is 1720. The van der Waals surface area contributed by atoms with Crippen LogP contribution in [-0.4, -0.2) is 42.9 Å². The van der Waals surface area contributed by atoms with Crippen molar-refractivity contribution < 1.29 is 19.1 Å². The average molecular weight is 612 g/mol. The molecule has 4 aromatic rings. The van der Waals surface area contributed by atoms with Crippen molar-refractivity contribution in [3.63, 3.8) is 0 Å². The van der Waals surface area contributed by atoms with E-state index in [-0.39, 0.29) is 18.0 Å². The summed E-state index contributed by atoms with van der Waals surface area (Å²) in [5, 5.41) is 16.3. The number of hydrogen-bond acceptors (Lipinski definition) is 6. The highest BCUT2D eigenvalue weighted by molar-refractivity contribution is 6.21. The van der Waals surface area contributed by atoms with Gasteiger partial charge in [0.25, 0.3) is 5.91 Å². The van der Waals surface area contributed by atoms with Gasteiger partial charge in [0.2, 0.25) is 0 Å². The molecule has 0 bridgehead atoms. The van der Waals surface area contributed by atoms with Crippen LogP contribution < -0.4 is 5.73 Å². The van der Waals surface area contributed by atoms with Crippen LogP contribution in [-0.2, 0) is 14.3 Å². The SMILES string of the molecule is N#CC1=C(c2ccccc2)CC(c2ccccc2)=NC1=O.N=C(N)c1ccccc1.O=Cc1ccccc1.[C-]#[N+]CC(=O)OCC. The highest BCUT2D eigenvalue weighted by Crippen LogP contribution is 2.28. The number of hydrogen-bond donors (Lipinski definition) is 2. The number of nitrogen functional groups attached to an aromatic ring is 1. The van der Waals surface area contributed by atoms with E-state index in [4.69, 9.17) is 17.7 Å². The molecular weight excluding hydrogens is 578 g/mol. The lowest BCUT2D eigenvalue weighted by Gasteiger charge is -2.16. The number of amidine groups is 1. The number of allylic oxidation sites excluding steroid dienone is 1. The minimum Gasteiger partial charge on any atom is -0.460 e. The zero-order valence-corrected chi connectivity index (χ0v) is 25.3. The standard InChI is InChI=1S/C18H12N2O.C7H8N2.C7H6O.C5H7NO2/c19-12-16-15(13-7-3-1-4-8-13)11-17(20-18(16)21)14-9-5-2-6-10-14;8-7(9)6-4-2-1-3-5-6;8-6-7-4-2-1-3-5-7;1-3-8-5(7)4-6-2/h1-10H,11H2;1-5H,(H3,8,9);1-6H;3-4H2,1H3. The molecule has 0 unspecified atom stereocenters. The lowest BCUT2D eigenvalue weighted by molar-refractivity contribution is -0.140. The largest absolute Gasteiger partial charge is 0.460 e. The molecule has 3 N–H and O–H groups in total. The normalized spacial score (nSPS) is 11.2. The molecule has 0 spiro atoms. The number of nitriles is 1. The fraction of sp³-hybridized carbons (Fsp3) is 0.108. The summed E-state index contributed by atoms with van der Waals surface area (Å²) < 4.78 is 4.43. The Labute approximate surface area is 268 Å². The molecule has 0 saturated carbocycles. The Kier molecular flexibility index (Phi) is 15.9. The number of carbonyl (C=O) groups is 3. The van der Waals surface area contributed by atoms with E-state index in [0.29, 0.717) is 18.7 Å². The third-order valence-electron chi connectivity index (χ3n) is 5.97. The van der Waals surface area contributed by atoms with E-state index < -0.39 is 11.9 Å². The molecule has 0 saturated heterocycles. The summed E-state index contributed by atoms with van der Waals surface area (Å²) in [6.07, 6.45) is 1.32. The Hall–Kier alpha value is -6.45. The monoisotopic (exact) mass is 611 g/mol. The number of rotatable bonds is 6. The van der Waals surface area contributed by atoms with Gasteiger partial charge in [0, 0.05) is 17.5 Å². The van der Waals surface area contributed by atoms with Crippen LogP contribution in [0.3, 0.4) is 0 Å². The van der Waals surface area contributed by atoms with Gasteiger partial charge in [-0.25, -0.2) is 16.4 Å². The summed E-state index contributed by atoms with van der Waals surface area (Å²) in [5.74, 6) is -0.778. The van der Waals surface area contributed by atoms with Gasteiger partial charge in [0.1, 0.15) is 23.8 Å². The van der Waals surface area contributed by atoms with Crippen LogP contribution in [0.4, 0.5) is 0 Å². The van der Waals surface area contributed by atoms with Crippen LogP contribution in [0.1, 0.15) is 40.4 Å². The molecule has 46 heavy (non-hydrogen) atoms. The maximum absolute atomic E-state index is 12.1. The first kappa shape index (κ1) is 35.7. The zero-order chi connectivity index (χ0) is 33.6. The summed E-state index contributed by atoms with van der Waals surface area (Å²) >= 11 is 0. The molecule has 0 atom stereocenters. The molecule has 0 radical (unpaired) electrons.